The van der Waals surface area contributed by atoms with Crippen molar-refractivity contribution in [2.24, 2.45) is 4.99 Å². The highest BCUT2D eigenvalue weighted by Crippen LogP contribution is 2.14. The molecule has 142 valence electrons. The highest BCUT2D eigenvalue weighted by molar-refractivity contribution is 14.0. The summed E-state index contributed by atoms with van der Waals surface area (Å²) >= 11 is 0. The summed E-state index contributed by atoms with van der Waals surface area (Å²) in [6, 6.07) is 13.4. The first-order valence-corrected chi connectivity index (χ1v) is 8.51. The van der Waals surface area contributed by atoms with E-state index in [0.717, 1.165) is 12.0 Å². The van der Waals surface area contributed by atoms with Gasteiger partial charge in [-0.2, -0.15) is 0 Å². The monoisotopic (exact) mass is 471 g/mol. The van der Waals surface area contributed by atoms with Gasteiger partial charge in [0, 0.05) is 19.2 Å². The summed E-state index contributed by atoms with van der Waals surface area (Å²) in [7, 11) is 1.71. The Kier molecular flexibility index (Phi) is 9.58. The van der Waals surface area contributed by atoms with Crippen LogP contribution in [0.2, 0.25) is 0 Å². The summed E-state index contributed by atoms with van der Waals surface area (Å²) in [6.45, 7) is 4.40. The van der Waals surface area contributed by atoms with Crippen LogP contribution < -0.4 is 10.6 Å². The van der Waals surface area contributed by atoms with E-state index >= 15 is 0 Å². The van der Waals surface area contributed by atoms with Gasteiger partial charge in [-0.1, -0.05) is 37.3 Å². The molecule has 0 aromatic heterocycles. The molecule has 0 aliphatic carbocycles. The Hall–Kier alpha value is -1.67. The van der Waals surface area contributed by atoms with Gasteiger partial charge in [0.25, 0.3) is 0 Å². The van der Waals surface area contributed by atoms with E-state index in [0.29, 0.717) is 18.1 Å². The number of hydrogen-bond acceptors (Lipinski definition) is 2. The third-order valence-electron chi connectivity index (χ3n) is 4.21. The van der Waals surface area contributed by atoms with Crippen LogP contribution in [0.4, 0.5) is 4.39 Å². The van der Waals surface area contributed by atoms with Crippen LogP contribution >= 0.6 is 24.0 Å². The van der Waals surface area contributed by atoms with Gasteiger partial charge in [0.1, 0.15) is 5.82 Å². The molecule has 0 bridgehead atoms. The van der Waals surface area contributed by atoms with Crippen LogP contribution in [0.25, 0.3) is 0 Å². The third kappa shape index (κ3) is 6.25. The summed E-state index contributed by atoms with van der Waals surface area (Å²) in [5.74, 6) is 0.278. The summed E-state index contributed by atoms with van der Waals surface area (Å²) in [4.78, 5) is 4.23. The number of nitrogens with zero attached hydrogens (tertiary/aromatic N) is 1. The number of nitrogens with one attached hydrogen (secondary N) is 2. The number of aliphatic hydroxyl groups is 1. The molecule has 1 unspecified atom stereocenters. The molecule has 2 rings (SSSR count). The van der Waals surface area contributed by atoms with Gasteiger partial charge in [-0.15, -0.1) is 24.0 Å². The average Bonchev–Trinajstić information content (AvgIpc) is 2.66. The van der Waals surface area contributed by atoms with E-state index < -0.39 is 5.82 Å². The van der Waals surface area contributed by atoms with Crippen molar-refractivity contribution in [3.63, 3.8) is 0 Å². The molecular weight excluding hydrogens is 444 g/mol. The first-order valence-electron chi connectivity index (χ1n) is 8.51. The Bertz CT molecular complexity index is 719. The van der Waals surface area contributed by atoms with Crippen molar-refractivity contribution >= 4 is 29.9 Å². The second-order valence-electron chi connectivity index (χ2n) is 5.97. The smallest absolute Gasteiger partial charge is 0.191 e. The van der Waals surface area contributed by atoms with Gasteiger partial charge < -0.3 is 15.7 Å². The quantitative estimate of drug-likeness (QED) is 0.340. The van der Waals surface area contributed by atoms with Crippen molar-refractivity contribution in [2.75, 3.05) is 7.05 Å². The fraction of sp³-hybridized carbons (Fsp3) is 0.350. The number of halogens is 2. The summed E-state index contributed by atoms with van der Waals surface area (Å²) in [5, 5.41) is 15.7. The molecule has 3 N–H and O–H groups in total. The maximum Gasteiger partial charge on any atom is 0.191 e. The molecule has 0 radical (unpaired) electrons. The van der Waals surface area contributed by atoms with E-state index in [1.165, 1.54) is 17.2 Å². The minimum Gasteiger partial charge on any atom is -0.392 e. The predicted molar refractivity (Wildman–Crippen MR) is 115 cm³/mol. The maximum atomic E-state index is 13.4. The van der Waals surface area contributed by atoms with Crippen molar-refractivity contribution in [1.82, 2.24) is 10.6 Å². The molecule has 0 aliphatic heterocycles. The van der Waals surface area contributed by atoms with E-state index in [9.17, 15) is 4.39 Å². The van der Waals surface area contributed by atoms with Crippen LogP contribution in [0.5, 0.6) is 0 Å². The zero-order valence-electron chi connectivity index (χ0n) is 15.4. The Morgan fingerprint density at radius 3 is 2.38 bits per heavy atom. The molecule has 0 aliphatic rings. The Balaban J connectivity index is 0.00000338. The molecule has 6 heteroatoms. The number of rotatable bonds is 6. The van der Waals surface area contributed by atoms with Gasteiger partial charge in [0.2, 0.25) is 0 Å². The van der Waals surface area contributed by atoms with E-state index in [4.69, 9.17) is 5.11 Å². The fourth-order valence-electron chi connectivity index (χ4n) is 2.57. The maximum absolute atomic E-state index is 13.4. The number of aliphatic imine (C=N–C) groups is 1. The highest BCUT2D eigenvalue weighted by atomic mass is 127. The largest absolute Gasteiger partial charge is 0.392 e. The zero-order chi connectivity index (χ0) is 18.2. The van der Waals surface area contributed by atoms with Crippen molar-refractivity contribution in [1.29, 1.82) is 0 Å². The van der Waals surface area contributed by atoms with Gasteiger partial charge in [-0.25, -0.2) is 4.39 Å². The minimum absolute atomic E-state index is 0. The van der Waals surface area contributed by atoms with Crippen LogP contribution in [0.15, 0.2) is 47.5 Å². The van der Waals surface area contributed by atoms with Crippen LogP contribution in [-0.2, 0) is 19.6 Å². The van der Waals surface area contributed by atoms with Crippen LogP contribution in [0.3, 0.4) is 0 Å². The fourth-order valence-corrected chi connectivity index (χ4v) is 2.57. The number of aliphatic hydroxyl groups excluding tert-OH is 1. The predicted octanol–water partition coefficient (Wildman–Crippen LogP) is 3.92. The molecule has 0 heterocycles. The van der Waals surface area contributed by atoms with Crippen LogP contribution in [0.1, 0.15) is 42.1 Å². The van der Waals surface area contributed by atoms with Crippen molar-refractivity contribution in [3.8, 4) is 0 Å². The van der Waals surface area contributed by atoms with Gasteiger partial charge in [0.05, 0.1) is 12.6 Å². The lowest BCUT2D eigenvalue weighted by Crippen LogP contribution is -2.38. The lowest BCUT2D eigenvalue weighted by molar-refractivity contribution is 0.275. The van der Waals surface area contributed by atoms with E-state index in [2.05, 4.69) is 53.7 Å². The summed E-state index contributed by atoms with van der Waals surface area (Å²) < 4.78 is 13.4. The van der Waals surface area contributed by atoms with Crippen LogP contribution in [-0.4, -0.2) is 18.1 Å². The molecule has 26 heavy (non-hydrogen) atoms. The van der Waals surface area contributed by atoms with Gasteiger partial charge in [-0.05, 0) is 42.2 Å². The number of aryl methyl sites for hydroxylation is 1. The molecular formula is C20H27FIN3O. The van der Waals surface area contributed by atoms with E-state index in [1.807, 2.05) is 0 Å². The molecule has 2 aromatic rings. The molecule has 0 spiro atoms. The molecule has 0 saturated heterocycles. The number of benzene rings is 2. The zero-order valence-corrected chi connectivity index (χ0v) is 17.8. The molecule has 2 aromatic carbocycles. The molecule has 0 saturated carbocycles. The summed E-state index contributed by atoms with van der Waals surface area (Å²) in [5.41, 5.74) is 3.68. The molecule has 1 atom stereocenters. The molecule has 4 nitrogen and oxygen atoms in total. The van der Waals surface area contributed by atoms with Crippen molar-refractivity contribution < 1.29 is 9.50 Å². The minimum atomic E-state index is -0.391. The van der Waals surface area contributed by atoms with Crippen LogP contribution in [0, 0.1) is 5.82 Å². The highest BCUT2D eigenvalue weighted by Gasteiger charge is 2.08. The second-order valence-corrected chi connectivity index (χ2v) is 5.97. The standard InChI is InChI=1S/C20H26FN3O.HI/c1-4-15-5-8-17(9-6-15)14(2)24-20(22-3)23-12-16-7-10-19(21)18(11-16)13-25;/h5-11,14,25H,4,12-13H2,1-3H3,(H2,22,23,24);1H. The third-order valence-corrected chi connectivity index (χ3v) is 4.21. The first-order chi connectivity index (χ1) is 12.1. The topological polar surface area (TPSA) is 56.7 Å². The lowest BCUT2D eigenvalue weighted by Gasteiger charge is -2.19. The molecule has 0 fully saturated rings. The molecule has 0 amide bonds. The Morgan fingerprint density at radius 2 is 1.81 bits per heavy atom. The van der Waals surface area contributed by atoms with Gasteiger partial charge in [0.15, 0.2) is 5.96 Å². The lowest BCUT2D eigenvalue weighted by atomic mass is 10.1. The SMILES string of the molecule is CCc1ccc(C(C)NC(=NC)NCc2ccc(F)c(CO)c2)cc1.I. The van der Waals surface area contributed by atoms with Crippen molar-refractivity contribution in [2.45, 2.75) is 39.5 Å². The van der Waals surface area contributed by atoms with Crippen molar-refractivity contribution in [3.05, 3.63) is 70.5 Å². The number of guanidine groups is 1. The Morgan fingerprint density at radius 1 is 1.15 bits per heavy atom. The van der Waals surface area contributed by atoms with E-state index in [1.54, 1.807) is 19.2 Å². The van der Waals surface area contributed by atoms with Gasteiger partial charge >= 0.3 is 0 Å². The average molecular weight is 471 g/mol. The van der Waals surface area contributed by atoms with E-state index in [-0.39, 0.29) is 36.6 Å². The first kappa shape index (κ1) is 22.4. The normalized spacial score (nSPS) is 12.3. The second kappa shape index (κ2) is 11.1. The van der Waals surface area contributed by atoms with Gasteiger partial charge in [-0.3, -0.25) is 4.99 Å². The number of hydrogen-bond donors (Lipinski definition) is 3. The Labute approximate surface area is 172 Å². The summed E-state index contributed by atoms with van der Waals surface area (Å²) in [6.07, 6.45) is 1.03.